The molecule has 0 radical (unpaired) electrons. The molecule has 1 aromatic carbocycles. The Labute approximate surface area is 122 Å². The molecule has 0 atom stereocenters. The molecule has 21 heavy (non-hydrogen) atoms. The zero-order chi connectivity index (χ0) is 14.8. The zero-order valence-electron chi connectivity index (χ0n) is 11.8. The van der Waals surface area contributed by atoms with Gasteiger partial charge < -0.3 is 9.73 Å². The van der Waals surface area contributed by atoms with E-state index in [2.05, 4.69) is 21.6 Å². The van der Waals surface area contributed by atoms with Gasteiger partial charge in [-0.05, 0) is 38.1 Å². The second-order valence-corrected chi connectivity index (χ2v) is 4.92. The van der Waals surface area contributed by atoms with Crippen molar-refractivity contribution in [3.8, 4) is 6.07 Å². The van der Waals surface area contributed by atoms with Crippen LogP contribution >= 0.6 is 0 Å². The average Bonchev–Trinajstić information content (AvgIpc) is 2.90. The highest BCUT2D eigenvalue weighted by Gasteiger charge is 2.11. The van der Waals surface area contributed by atoms with Crippen molar-refractivity contribution in [2.45, 2.75) is 20.4 Å². The first kappa shape index (κ1) is 13.1. The maximum atomic E-state index is 9.23. The van der Waals surface area contributed by atoms with Crippen LogP contribution in [0.1, 0.15) is 22.8 Å². The molecule has 0 aliphatic rings. The molecule has 5 nitrogen and oxygen atoms in total. The van der Waals surface area contributed by atoms with Gasteiger partial charge in [-0.15, -0.1) is 10.2 Å². The lowest BCUT2D eigenvalue weighted by Crippen LogP contribution is -2.04. The second kappa shape index (κ2) is 5.25. The number of benzene rings is 1. The lowest BCUT2D eigenvalue weighted by molar-refractivity contribution is 0.490. The van der Waals surface area contributed by atoms with E-state index < -0.39 is 0 Å². The molecule has 0 unspecified atom stereocenters. The fourth-order valence-electron chi connectivity index (χ4n) is 2.23. The van der Waals surface area contributed by atoms with Crippen LogP contribution in [0.4, 0.5) is 5.69 Å². The second-order valence-electron chi connectivity index (χ2n) is 4.92. The summed E-state index contributed by atoms with van der Waals surface area (Å²) in [4.78, 5) is 0. The first-order valence-corrected chi connectivity index (χ1v) is 6.63. The van der Waals surface area contributed by atoms with Gasteiger partial charge >= 0.3 is 0 Å². The predicted molar refractivity (Wildman–Crippen MR) is 79.8 cm³/mol. The van der Waals surface area contributed by atoms with E-state index >= 15 is 0 Å². The van der Waals surface area contributed by atoms with Crippen molar-refractivity contribution >= 4 is 16.6 Å². The van der Waals surface area contributed by atoms with E-state index in [4.69, 9.17) is 4.42 Å². The number of aryl methyl sites for hydroxylation is 2. The molecule has 2 heterocycles. The molecule has 0 amide bonds. The molecular formula is C16H14N4O. The third-order valence-corrected chi connectivity index (χ3v) is 3.26. The molecule has 0 bridgehead atoms. The highest BCUT2D eigenvalue weighted by molar-refractivity contribution is 5.93. The summed E-state index contributed by atoms with van der Waals surface area (Å²) in [6.45, 7) is 4.40. The monoisotopic (exact) mass is 278 g/mol. The van der Waals surface area contributed by atoms with Crippen LogP contribution in [0.25, 0.3) is 10.9 Å². The first-order chi connectivity index (χ1) is 10.2. The number of rotatable bonds is 3. The van der Waals surface area contributed by atoms with Crippen molar-refractivity contribution < 1.29 is 4.42 Å². The summed E-state index contributed by atoms with van der Waals surface area (Å²) in [6.07, 6.45) is 0. The normalized spacial score (nSPS) is 10.5. The van der Waals surface area contributed by atoms with Crippen LogP contribution < -0.4 is 5.32 Å². The van der Waals surface area contributed by atoms with E-state index in [1.165, 1.54) is 0 Å². The van der Waals surface area contributed by atoms with E-state index in [1.54, 1.807) is 0 Å². The summed E-state index contributed by atoms with van der Waals surface area (Å²) in [6, 6.07) is 11.8. The van der Waals surface area contributed by atoms with Crippen molar-refractivity contribution in [3.05, 3.63) is 53.1 Å². The number of furan rings is 1. The van der Waals surface area contributed by atoms with Gasteiger partial charge in [0.05, 0.1) is 17.7 Å². The van der Waals surface area contributed by atoms with Gasteiger partial charge in [-0.25, -0.2) is 0 Å². The van der Waals surface area contributed by atoms with Crippen LogP contribution in [0.15, 0.2) is 34.7 Å². The molecule has 104 valence electrons. The number of nitriles is 1. The molecule has 0 spiro atoms. The third-order valence-electron chi connectivity index (χ3n) is 3.26. The van der Waals surface area contributed by atoms with Gasteiger partial charge in [0.25, 0.3) is 0 Å². The third kappa shape index (κ3) is 2.56. The summed E-state index contributed by atoms with van der Waals surface area (Å²) in [5, 5.41) is 21.4. The SMILES string of the molecule is Cc1ccc2nnc(C#N)c(NCc3ccc(C)o3)c2c1. The van der Waals surface area contributed by atoms with E-state index in [-0.39, 0.29) is 5.69 Å². The molecule has 3 rings (SSSR count). The predicted octanol–water partition coefficient (Wildman–Crippen LogP) is 3.32. The Hall–Kier alpha value is -2.87. The number of hydrogen-bond acceptors (Lipinski definition) is 5. The quantitative estimate of drug-likeness (QED) is 0.795. The molecule has 0 aliphatic carbocycles. The minimum atomic E-state index is 0.288. The van der Waals surface area contributed by atoms with Gasteiger partial charge in [0, 0.05) is 5.39 Å². The highest BCUT2D eigenvalue weighted by Crippen LogP contribution is 2.25. The standard InChI is InChI=1S/C16H14N4O/c1-10-3-6-14-13(7-10)16(15(8-17)20-19-14)18-9-12-5-4-11(2)21-12/h3-7H,9H2,1-2H3,(H,18,19). The molecule has 0 aliphatic heterocycles. The maximum Gasteiger partial charge on any atom is 0.186 e. The van der Waals surface area contributed by atoms with Crippen LogP contribution in [0.5, 0.6) is 0 Å². The van der Waals surface area contributed by atoms with Crippen molar-refractivity contribution in [1.29, 1.82) is 5.26 Å². The number of anilines is 1. The topological polar surface area (TPSA) is 74.7 Å². The molecule has 3 aromatic rings. The highest BCUT2D eigenvalue weighted by atomic mass is 16.3. The molecule has 0 fully saturated rings. The first-order valence-electron chi connectivity index (χ1n) is 6.63. The summed E-state index contributed by atoms with van der Waals surface area (Å²) >= 11 is 0. The minimum absolute atomic E-state index is 0.288. The maximum absolute atomic E-state index is 9.23. The van der Waals surface area contributed by atoms with Gasteiger partial charge in [0.15, 0.2) is 5.69 Å². The summed E-state index contributed by atoms with van der Waals surface area (Å²) in [5.74, 6) is 1.68. The van der Waals surface area contributed by atoms with Crippen LogP contribution in [0, 0.1) is 25.2 Å². The van der Waals surface area contributed by atoms with E-state index in [9.17, 15) is 5.26 Å². The Morgan fingerprint density at radius 3 is 2.76 bits per heavy atom. The molecule has 1 N–H and O–H groups in total. The van der Waals surface area contributed by atoms with Gasteiger partial charge in [-0.3, -0.25) is 0 Å². The van der Waals surface area contributed by atoms with Gasteiger partial charge in [-0.1, -0.05) is 11.6 Å². The lowest BCUT2D eigenvalue weighted by atomic mass is 10.1. The Morgan fingerprint density at radius 1 is 1.19 bits per heavy atom. The number of nitrogens with one attached hydrogen (secondary N) is 1. The zero-order valence-corrected chi connectivity index (χ0v) is 11.8. The minimum Gasteiger partial charge on any atom is -0.465 e. The van der Waals surface area contributed by atoms with Crippen molar-refractivity contribution in [2.24, 2.45) is 0 Å². The average molecular weight is 278 g/mol. The van der Waals surface area contributed by atoms with Gasteiger partial charge in [0.1, 0.15) is 17.6 Å². The van der Waals surface area contributed by atoms with Crippen LogP contribution in [-0.2, 0) is 6.54 Å². The Kier molecular flexibility index (Phi) is 3.28. The Balaban J connectivity index is 2.02. The van der Waals surface area contributed by atoms with E-state index in [0.717, 1.165) is 28.0 Å². The molecule has 2 aromatic heterocycles. The lowest BCUT2D eigenvalue weighted by Gasteiger charge is -2.09. The number of aromatic nitrogens is 2. The fourth-order valence-corrected chi connectivity index (χ4v) is 2.23. The Morgan fingerprint density at radius 2 is 2.05 bits per heavy atom. The van der Waals surface area contributed by atoms with Gasteiger partial charge in [0.2, 0.25) is 0 Å². The van der Waals surface area contributed by atoms with Crippen molar-refractivity contribution in [3.63, 3.8) is 0 Å². The largest absolute Gasteiger partial charge is 0.465 e. The summed E-state index contributed by atoms with van der Waals surface area (Å²) in [7, 11) is 0. The van der Waals surface area contributed by atoms with E-state index in [0.29, 0.717) is 12.2 Å². The van der Waals surface area contributed by atoms with Crippen LogP contribution in [0.3, 0.4) is 0 Å². The number of nitrogens with zero attached hydrogens (tertiary/aromatic N) is 3. The Bertz CT molecular complexity index is 845. The molecular weight excluding hydrogens is 264 g/mol. The van der Waals surface area contributed by atoms with Crippen LogP contribution in [0.2, 0.25) is 0 Å². The smallest absolute Gasteiger partial charge is 0.186 e. The summed E-state index contributed by atoms with van der Waals surface area (Å²) in [5.41, 5.74) is 2.85. The molecule has 0 saturated carbocycles. The number of hydrogen-bond donors (Lipinski definition) is 1. The van der Waals surface area contributed by atoms with E-state index in [1.807, 2.05) is 44.2 Å². The van der Waals surface area contributed by atoms with Crippen molar-refractivity contribution in [1.82, 2.24) is 10.2 Å². The number of fused-ring (bicyclic) bond motifs is 1. The van der Waals surface area contributed by atoms with Crippen molar-refractivity contribution in [2.75, 3.05) is 5.32 Å². The molecule has 5 heteroatoms. The summed E-state index contributed by atoms with van der Waals surface area (Å²) < 4.78 is 5.53. The fraction of sp³-hybridized carbons (Fsp3) is 0.188. The van der Waals surface area contributed by atoms with Crippen LogP contribution in [-0.4, -0.2) is 10.2 Å². The molecule has 0 saturated heterocycles. The van der Waals surface area contributed by atoms with Gasteiger partial charge in [-0.2, -0.15) is 5.26 Å².